The second-order valence-corrected chi connectivity index (χ2v) is 5.36. The van der Waals surface area contributed by atoms with E-state index in [4.69, 9.17) is 10.5 Å². The molecule has 3 rings (SSSR count). The molecule has 4 heteroatoms. The number of thiophene rings is 1. The van der Waals surface area contributed by atoms with Crippen LogP contribution < -0.4 is 5.73 Å². The van der Waals surface area contributed by atoms with Gasteiger partial charge in [0.2, 0.25) is 0 Å². The Kier molecular flexibility index (Phi) is 2.50. The van der Waals surface area contributed by atoms with Gasteiger partial charge in [-0.2, -0.15) is 0 Å². The number of rotatable bonds is 3. The van der Waals surface area contributed by atoms with E-state index in [-0.39, 0.29) is 5.78 Å². The van der Waals surface area contributed by atoms with Crippen molar-refractivity contribution in [3.05, 3.63) is 35.2 Å². The van der Waals surface area contributed by atoms with Crippen molar-refractivity contribution in [3.63, 3.8) is 0 Å². The molecule has 0 bridgehead atoms. The van der Waals surface area contributed by atoms with Gasteiger partial charge < -0.3 is 10.5 Å². The minimum Gasteiger partial charge on any atom is -0.379 e. The summed E-state index contributed by atoms with van der Waals surface area (Å²) < 4.78 is 6.30. The van der Waals surface area contributed by atoms with E-state index in [9.17, 15) is 4.79 Å². The molecule has 0 radical (unpaired) electrons. The molecule has 1 saturated heterocycles. The average molecular weight is 247 g/mol. The molecule has 1 fully saturated rings. The molecule has 0 spiro atoms. The van der Waals surface area contributed by atoms with E-state index in [0.29, 0.717) is 19.8 Å². The number of carbonyl (C=O) groups is 1. The lowest BCUT2D eigenvalue weighted by molar-refractivity contribution is -0.0815. The molecule has 2 heterocycles. The fourth-order valence-corrected chi connectivity index (χ4v) is 3.07. The Balaban J connectivity index is 2.07. The van der Waals surface area contributed by atoms with Gasteiger partial charge in [-0.05, 0) is 6.07 Å². The van der Waals surface area contributed by atoms with Gasteiger partial charge in [-0.1, -0.05) is 18.2 Å². The summed E-state index contributed by atoms with van der Waals surface area (Å²) >= 11 is 1.60. The summed E-state index contributed by atoms with van der Waals surface area (Å²) in [6.45, 7) is 1.26. The zero-order valence-corrected chi connectivity index (χ0v) is 10.1. The van der Waals surface area contributed by atoms with Crippen LogP contribution in [0.3, 0.4) is 0 Å². The number of hydrogen-bond acceptors (Lipinski definition) is 4. The number of ether oxygens (including phenoxy) is 1. The number of hydrogen-bond donors (Lipinski definition) is 1. The summed E-state index contributed by atoms with van der Waals surface area (Å²) in [6, 6.07) is 7.96. The van der Waals surface area contributed by atoms with Crippen molar-refractivity contribution in [2.45, 2.75) is 0 Å². The van der Waals surface area contributed by atoms with Crippen LogP contribution >= 0.6 is 11.3 Å². The summed E-state index contributed by atoms with van der Waals surface area (Å²) in [6.07, 6.45) is 0. The average Bonchev–Trinajstić information content (AvgIpc) is 2.71. The molecule has 0 amide bonds. The molecule has 1 aliphatic rings. The van der Waals surface area contributed by atoms with Gasteiger partial charge in [0.05, 0.1) is 18.6 Å². The fraction of sp³-hybridized carbons (Fsp3) is 0.308. The van der Waals surface area contributed by atoms with Crippen LogP contribution in [0.4, 0.5) is 0 Å². The van der Waals surface area contributed by atoms with Gasteiger partial charge in [-0.25, -0.2) is 0 Å². The van der Waals surface area contributed by atoms with Gasteiger partial charge >= 0.3 is 0 Å². The van der Waals surface area contributed by atoms with Crippen molar-refractivity contribution >= 4 is 27.2 Å². The van der Waals surface area contributed by atoms with E-state index in [1.54, 1.807) is 11.3 Å². The van der Waals surface area contributed by atoms with E-state index < -0.39 is 5.41 Å². The first-order valence-corrected chi connectivity index (χ1v) is 6.44. The Morgan fingerprint density at radius 1 is 1.41 bits per heavy atom. The van der Waals surface area contributed by atoms with Crippen LogP contribution in [-0.4, -0.2) is 25.5 Å². The van der Waals surface area contributed by atoms with Gasteiger partial charge in [0.1, 0.15) is 0 Å². The van der Waals surface area contributed by atoms with E-state index in [1.165, 1.54) is 0 Å². The SMILES string of the molecule is NCC1(C(=O)c2csc3ccccc23)COC1. The molecule has 2 N–H and O–H groups in total. The standard InChI is InChI=1S/C13H13NO2S/c14-6-13(7-16-8-13)12(15)10-5-17-11-4-2-1-3-9(10)11/h1-5H,6-8,14H2. The number of Topliss-reactive ketones (excluding diaryl/α,β-unsaturated/α-hetero) is 1. The minimum absolute atomic E-state index is 0.128. The summed E-state index contributed by atoms with van der Waals surface area (Å²) in [5.74, 6) is 0.128. The van der Waals surface area contributed by atoms with Crippen LogP contribution in [0.1, 0.15) is 10.4 Å². The minimum atomic E-state index is -0.482. The van der Waals surface area contributed by atoms with Gasteiger partial charge in [-0.3, -0.25) is 4.79 Å². The highest BCUT2D eigenvalue weighted by molar-refractivity contribution is 7.17. The zero-order chi connectivity index (χ0) is 11.9. The molecule has 17 heavy (non-hydrogen) atoms. The highest BCUT2D eigenvalue weighted by atomic mass is 32.1. The second kappa shape index (κ2) is 3.91. The van der Waals surface area contributed by atoms with Gasteiger partial charge in [0.15, 0.2) is 5.78 Å². The number of fused-ring (bicyclic) bond motifs is 1. The molecular formula is C13H13NO2S. The number of nitrogens with two attached hydrogens (primary N) is 1. The molecule has 0 aliphatic carbocycles. The van der Waals surface area contributed by atoms with Crippen LogP contribution in [0.25, 0.3) is 10.1 Å². The molecule has 88 valence electrons. The second-order valence-electron chi connectivity index (χ2n) is 4.45. The van der Waals surface area contributed by atoms with Crippen molar-refractivity contribution in [3.8, 4) is 0 Å². The van der Waals surface area contributed by atoms with Gasteiger partial charge in [0.25, 0.3) is 0 Å². The molecule has 0 unspecified atom stereocenters. The quantitative estimate of drug-likeness (QED) is 0.845. The lowest BCUT2D eigenvalue weighted by Crippen LogP contribution is -2.54. The largest absolute Gasteiger partial charge is 0.379 e. The predicted molar refractivity (Wildman–Crippen MR) is 68.5 cm³/mol. The Hall–Kier alpha value is -1.23. The molecule has 3 nitrogen and oxygen atoms in total. The van der Waals surface area contributed by atoms with Crippen molar-refractivity contribution < 1.29 is 9.53 Å². The number of carbonyl (C=O) groups excluding carboxylic acids is 1. The lowest BCUT2D eigenvalue weighted by atomic mass is 9.78. The Bertz CT molecular complexity index is 566. The molecule has 2 aromatic rings. The highest BCUT2D eigenvalue weighted by Crippen LogP contribution is 2.35. The van der Waals surface area contributed by atoms with Crippen molar-refractivity contribution in [1.82, 2.24) is 0 Å². The molecule has 0 saturated carbocycles. The first kappa shape index (κ1) is 10.9. The first-order chi connectivity index (χ1) is 8.27. The summed E-state index contributed by atoms with van der Waals surface area (Å²) in [5.41, 5.74) is 6.03. The van der Waals surface area contributed by atoms with Crippen LogP contribution in [-0.2, 0) is 4.74 Å². The maximum atomic E-state index is 12.5. The van der Waals surface area contributed by atoms with Crippen molar-refractivity contribution in [1.29, 1.82) is 0 Å². The Labute approximate surface area is 103 Å². The van der Waals surface area contributed by atoms with E-state index >= 15 is 0 Å². The fourth-order valence-electron chi connectivity index (χ4n) is 2.13. The maximum Gasteiger partial charge on any atom is 0.176 e. The molecule has 1 aromatic carbocycles. The highest BCUT2D eigenvalue weighted by Gasteiger charge is 2.45. The van der Waals surface area contributed by atoms with Crippen molar-refractivity contribution in [2.24, 2.45) is 11.1 Å². The van der Waals surface area contributed by atoms with E-state index in [1.807, 2.05) is 29.6 Å². The van der Waals surface area contributed by atoms with Gasteiger partial charge in [-0.15, -0.1) is 11.3 Å². The first-order valence-electron chi connectivity index (χ1n) is 5.56. The number of ketones is 1. The van der Waals surface area contributed by atoms with E-state index in [0.717, 1.165) is 15.6 Å². The lowest BCUT2D eigenvalue weighted by Gasteiger charge is -2.38. The molecule has 1 aliphatic heterocycles. The van der Waals surface area contributed by atoms with Gasteiger partial charge in [0, 0.05) is 27.6 Å². The predicted octanol–water partition coefficient (Wildman–Crippen LogP) is 2.06. The molecule has 1 aromatic heterocycles. The monoisotopic (exact) mass is 247 g/mol. The third-order valence-electron chi connectivity index (χ3n) is 3.35. The maximum absolute atomic E-state index is 12.5. The topological polar surface area (TPSA) is 52.3 Å². The zero-order valence-electron chi connectivity index (χ0n) is 9.31. The molecular weight excluding hydrogens is 234 g/mol. The summed E-state index contributed by atoms with van der Waals surface area (Å²) in [4.78, 5) is 12.5. The van der Waals surface area contributed by atoms with Crippen molar-refractivity contribution in [2.75, 3.05) is 19.8 Å². The third-order valence-corrected chi connectivity index (χ3v) is 4.32. The Morgan fingerprint density at radius 2 is 2.18 bits per heavy atom. The third kappa shape index (κ3) is 1.52. The molecule has 0 atom stereocenters. The van der Waals surface area contributed by atoms with Crippen LogP contribution in [0.2, 0.25) is 0 Å². The summed E-state index contributed by atoms with van der Waals surface area (Å²) in [5, 5.41) is 2.96. The Morgan fingerprint density at radius 3 is 2.82 bits per heavy atom. The number of benzene rings is 1. The van der Waals surface area contributed by atoms with Crippen LogP contribution in [0.15, 0.2) is 29.6 Å². The smallest absolute Gasteiger partial charge is 0.176 e. The summed E-state index contributed by atoms with van der Waals surface area (Å²) in [7, 11) is 0. The van der Waals surface area contributed by atoms with Crippen LogP contribution in [0.5, 0.6) is 0 Å². The normalized spacial score (nSPS) is 17.9. The van der Waals surface area contributed by atoms with Crippen LogP contribution in [0, 0.1) is 5.41 Å². The van der Waals surface area contributed by atoms with E-state index in [2.05, 4.69) is 0 Å².